The van der Waals surface area contributed by atoms with E-state index in [1.54, 1.807) is 18.4 Å². The maximum absolute atomic E-state index is 11.1. The Kier molecular flexibility index (Phi) is 11.0. The van der Waals surface area contributed by atoms with Crippen LogP contribution in [0.15, 0.2) is 0 Å². The number of hydrogen-bond acceptors (Lipinski definition) is 4. The molecule has 25 heavy (non-hydrogen) atoms. The average molecular weight is 477 g/mol. The van der Waals surface area contributed by atoms with E-state index in [1.807, 2.05) is 0 Å². The van der Waals surface area contributed by atoms with Crippen molar-refractivity contribution < 1.29 is 14.6 Å². The third-order valence-corrected chi connectivity index (χ3v) is 24.1. The molecule has 0 aliphatic rings. The van der Waals surface area contributed by atoms with Crippen molar-refractivity contribution in [2.24, 2.45) is 0 Å². The van der Waals surface area contributed by atoms with Crippen molar-refractivity contribution in [3.05, 3.63) is 5.69 Å². The van der Waals surface area contributed by atoms with Gasteiger partial charge in [-0.15, -0.1) is 0 Å². The van der Waals surface area contributed by atoms with E-state index in [1.165, 1.54) is 54.7 Å². The molecule has 0 aliphatic heterocycles. The Morgan fingerprint density at radius 1 is 1.12 bits per heavy atom. The van der Waals surface area contributed by atoms with E-state index in [-0.39, 0.29) is 0 Å². The number of anilines is 1. The molecule has 0 unspecified atom stereocenters. The van der Waals surface area contributed by atoms with Crippen LogP contribution >= 0.6 is 11.3 Å². The molecule has 5 nitrogen and oxygen atoms in total. The fourth-order valence-corrected chi connectivity index (χ4v) is 24.1. The van der Waals surface area contributed by atoms with Crippen molar-refractivity contribution in [2.75, 3.05) is 12.4 Å². The van der Waals surface area contributed by atoms with E-state index >= 15 is 0 Å². The second kappa shape index (κ2) is 12.1. The molecular formula is C18H34N2O3SSn. The predicted octanol–water partition coefficient (Wildman–Crippen LogP) is 5.44. The summed E-state index contributed by atoms with van der Waals surface area (Å²) in [5, 5.41) is 12.0. The molecule has 2 N–H and O–H groups in total. The number of rotatable bonds is 13. The minimum atomic E-state index is -2.62. The summed E-state index contributed by atoms with van der Waals surface area (Å²) in [4.78, 5) is 15.6. The Labute approximate surface area is 160 Å². The van der Waals surface area contributed by atoms with Gasteiger partial charge in [0.25, 0.3) is 0 Å². The third-order valence-electron chi connectivity index (χ3n) is 4.70. The van der Waals surface area contributed by atoms with Crippen LogP contribution in [0.4, 0.5) is 9.93 Å². The van der Waals surface area contributed by atoms with Gasteiger partial charge in [-0.1, -0.05) is 0 Å². The first-order valence-corrected chi connectivity index (χ1v) is 17.8. The van der Waals surface area contributed by atoms with E-state index in [9.17, 15) is 4.79 Å². The molecule has 0 bridgehead atoms. The van der Waals surface area contributed by atoms with Crippen LogP contribution in [0.25, 0.3) is 0 Å². The Balaban J connectivity index is 3.31. The van der Waals surface area contributed by atoms with Gasteiger partial charge >= 0.3 is 161 Å². The van der Waals surface area contributed by atoms with E-state index in [0.717, 1.165) is 5.69 Å². The minimum absolute atomic E-state index is 0.482. The number of aromatic nitrogens is 1. The molecule has 1 rings (SSSR count). The van der Waals surface area contributed by atoms with Crippen molar-refractivity contribution in [3.63, 3.8) is 0 Å². The number of unbranched alkanes of at least 4 members (excludes halogenated alkanes) is 3. The summed E-state index contributed by atoms with van der Waals surface area (Å²) < 4.78 is 10.9. The molecule has 7 heteroatoms. The molecule has 0 aromatic carbocycles. The van der Waals surface area contributed by atoms with Crippen molar-refractivity contribution in [1.29, 1.82) is 0 Å². The zero-order chi connectivity index (χ0) is 18.7. The predicted molar refractivity (Wildman–Crippen MR) is 109 cm³/mol. The fraction of sp³-hybridized carbons (Fsp3) is 0.778. The first-order valence-electron chi connectivity index (χ1n) is 9.52. The molecule has 1 aromatic rings. The zero-order valence-corrected chi connectivity index (χ0v) is 19.9. The van der Waals surface area contributed by atoms with Crippen LogP contribution in [0.3, 0.4) is 0 Å². The first kappa shape index (κ1) is 22.7. The van der Waals surface area contributed by atoms with Crippen molar-refractivity contribution in [1.82, 2.24) is 4.98 Å². The molecule has 0 spiro atoms. The summed E-state index contributed by atoms with van der Waals surface area (Å²) in [5.41, 5.74) is 0.996. The van der Waals surface area contributed by atoms with Gasteiger partial charge in [-0.25, -0.2) is 0 Å². The number of methoxy groups -OCH3 is 1. The molecule has 1 heterocycles. The van der Waals surface area contributed by atoms with E-state index in [2.05, 4.69) is 31.1 Å². The second-order valence-corrected chi connectivity index (χ2v) is 21.8. The molecular weight excluding hydrogens is 443 g/mol. The summed E-state index contributed by atoms with van der Waals surface area (Å²) in [6.45, 7) is 7.26. The SMILES string of the molecule is CCC[CH2][Sn]([CH2]CCC)([CH2]CCC)[c]1sc(NC(=O)O)nc1COC. The number of carboxylic acid groups (broad SMARTS) is 1. The molecule has 0 saturated heterocycles. The Morgan fingerprint density at radius 2 is 1.64 bits per heavy atom. The molecule has 1 amide bonds. The van der Waals surface area contributed by atoms with Crippen LogP contribution in [0.5, 0.6) is 0 Å². The van der Waals surface area contributed by atoms with Crippen LogP contribution < -0.4 is 8.21 Å². The number of nitrogens with one attached hydrogen (secondary N) is 1. The fourth-order valence-electron chi connectivity index (χ4n) is 3.41. The third kappa shape index (κ3) is 7.06. The number of thiazole rings is 1. The summed E-state index contributed by atoms with van der Waals surface area (Å²) >= 11 is -1.03. The number of amides is 1. The van der Waals surface area contributed by atoms with Crippen LogP contribution in [0.2, 0.25) is 13.3 Å². The Hall–Kier alpha value is -0.341. The maximum atomic E-state index is 11.1. The average Bonchev–Trinajstić information content (AvgIpc) is 2.97. The standard InChI is InChI=1S/C6H7N2O3S.3C4H9.Sn/c1-11-2-4-3-12-5(7-4)8-6(9)10;3*1-3-4-2;/h2H2,1H3,(H,7,8)(H,9,10);3*1,3-4H2,2H3;. The zero-order valence-electron chi connectivity index (χ0n) is 16.2. The van der Waals surface area contributed by atoms with Crippen LogP contribution in [0.1, 0.15) is 65.0 Å². The second-order valence-electron chi connectivity index (χ2n) is 6.75. The molecule has 0 saturated carbocycles. The van der Waals surface area contributed by atoms with E-state index < -0.39 is 24.5 Å². The van der Waals surface area contributed by atoms with Gasteiger partial charge in [0.05, 0.1) is 0 Å². The first-order chi connectivity index (χ1) is 12.0. The van der Waals surface area contributed by atoms with Crippen molar-refractivity contribution in [2.45, 2.75) is 79.2 Å². The van der Waals surface area contributed by atoms with Gasteiger partial charge in [-0.3, -0.25) is 0 Å². The van der Waals surface area contributed by atoms with Crippen molar-refractivity contribution >= 4 is 43.8 Å². The Bertz CT molecular complexity index is 501. The van der Waals surface area contributed by atoms with E-state index in [4.69, 9.17) is 9.84 Å². The van der Waals surface area contributed by atoms with Gasteiger partial charge in [0.1, 0.15) is 0 Å². The van der Waals surface area contributed by atoms with Crippen LogP contribution in [0, 0.1) is 0 Å². The molecule has 1 aromatic heterocycles. The quantitative estimate of drug-likeness (QED) is 0.372. The molecule has 0 atom stereocenters. The topological polar surface area (TPSA) is 71.5 Å². The number of hydrogen-bond donors (Lipinski definition) is 2. The van der Waals surface area contributed by atoms with Gasteiger partial charge in [-0.2, -0.15) is 0 Å². The van der Waals surface area contributed by atoms with Crippen LogP contribution in [-0.2, 0) is 11.3 Å². The van der Waals surface area contributed by atoms with Crippen molar-refractivity contribution in [3.8, 4) is 0 Å². The number of nitrogens with zero attached hydrogens (tertiary/aromatic N) is 1. The van der Waals surface area contributed by atoms with Gasteiger partial charge in [0.15, 0.2) is 0 Å². The summed E-state index contributed by atoms with van der Waals surface area (Å²) in [6.07, 6.45) is 6.43. The van der Waals surface area contributed by atoms with E-state index in [0.29, 0.717) is 11.7 Å². The van der Waals surface area contributed by atoms with Crippen LogP contribution in [-0.4, -0.2) is 41.7 Å². The Morgan fingerprint density at radius 3 is 2.04 bits per heavy atom. The summed E-state index contributed by atoms with van der Waals surface area (Å²) in [6, 6.07) is 0. The molecule has 0 aliphatic carbocycles. The monoisotopic (exact) mass is 478 g/mol. The molecule has 0 radical (unpaired) electrons. The summed E-state index contributed by atoms with van der Waals surface area (Å²) in [5.74, 6) is 0. The number of carbonyl (C=O) groups is 1. The van der Waals surface area contributed by atoms with Gasteiger partial charge in [0.2, 0.25) is 0 Å². The summed E-state index contributed by atoms with van der Waals surface area (Å²) in [7, 11) is 1.69. The van der Waals surface area contributed by atoms with Gasteiger partial charge in [0, 0.05) is 0 Å². The van der Waals surface area contributed by atoms with Gasteiger partial charge < -0.3 is 0 Å². The van der Waals surface area contributed by atoms with Gasteiger partial charge in [-0.05, 0) is 0 Å². The normalized spacial score (nSPS) is 11.7. The number of ether oxygens (including phenoxy) is 1. The molecule has 144 valence electrons. The molecule has 0 fully saturated rings.